The Kier molecular flexibility index (Phi) is 4.76. The van der Waals surface area contributed by atoms with E-state index in [0.717, 1.165) is 24.4 Å². The number of amides is 2. The third-order valence-electron chi connectivity index (χ3n) is 3.76. The number of hydrogen-bond acceptors (Lipinski definition) is 5. The maximum atomic E-state index is 12.1. The molecule has 120 valence electrons. The first-order valence-corrected chi connectivity index (χ1v) is 8.64. The molecule has 23 heavy (non-hydrogen) atoms. The average Bonchev–Trinajstić information content (AvgIpc) is 3.19. The van der Waals surface area contributed by atoms with Crippen LogP contribution in [0.15, 0.2) is 35.5 Å². The van der Waals surface area contributed by atoms with Gasteiger partial charge in [-0.1, -0.05) is 42.1 Å². The lowest BCUT2D eigenvalue weighted by molar-refractivity contribution is -0.140. The van der Waals surface area contributed by atoms with E-state index in [1.54, 1.807) is 0 Å². The summed E-state index contributed by atoms with van der Waals surface area (Å²) in [6.07, 6.45) is 1.23. The molecule has 1 saturated heterocycles. The quantitative estimate of drug-likeness (QED) is 0.786. The summed E-state index contributed by atoms with van der Waals surface area (Å²) in [4.78, 5) is 25.1. The van der Waals surface area contributed by atoms with Crippen LogP contribution < -0.4 is 0 Å². The van der Waals surface area contributed by atoms with Crippen molar-refractivity contribution in [3.05, 3.63) is 30.3 Å². The van der Waals surface area contributed by atoms with Gasteiger partial charge in [0.05, 0.1) is 5.75 Å². The highest BCUT2D eigenvalue weighted by Crippen LogP contribution is 2.24. The molecule has 1 fully saturated rings. The molecule has 7 heteroatoms. The first-order valence-electron chi connectivity index (χ1n) is 7.65. The number of aromatic nitrogens is 3. The van der Waals surface area contributed by atoms with Gasteiger partial charge in [-0.05, 0) is 13.3 Å². The molecule has 1 aliphatic rings. The molecule has 0 spiro atoms. The van der Waals surface area contributed by atoms with Crippen molar-refractivity contribution in [2.24, 2.45) is 0 Å². The standard InChI is InChI=1S/C16H18N4O2S/c1-2-19-15(12-7-4-3-5-8-12)17-18-16(19)23-11-14(22)20-10-6-9-13(20)21/h3-5,7-8H,2,6,9-11H2,1H3. The highest BCUT2D eigenvalue weighted by Gasteiger charge is 2.26. The summed E-state index contributed by atoms with van der Waals surface area (Å²) in [6, 6.07) is 9.84. The zero-order valence-electron chi connectivity index (χ0n) is 12.9. The molecule has 0 unspecified atom stereocenters. The second kappa shape index (κ2) is 6.95. The molecule has 2 aromatic rings. The molecule has 0 aliphatic carbocycles. The third-order valence-corrected chi connectivity index (χ3v) is 4.72. The Hall–Kier alpha value is -2.15. The van der Waals surface area contributed by atoms with Crippen molar-refractivity contribution in [3.8, 4) is 11.4 Å². The van der Waals surface area contributed by atoms with Crippen molar-refractivity contribution < 1.29 is 9.59 Å². The molecule has 0 radical (unpaired) electrons. The van der Waals surface area contributed by atoms with Crippen molar-refractivity contribution in [2.45, 2.75) is 31.5 Å². The van der Waals surface area contributed by atoms with E-state index >= 15 is 0 Å². The topological polar surface area (TPSA) is 68.1 Å². The normalized spacial score (nSPS) is 14.5. The summed E-state index contributed by atoms with van der Waals surface area (Å²) in [5.74, 6) is 0.779. The molecule has 0 atom stereocenters. The Morgan fingerprint density at radius 2 is 2.04 bits per heavy atom. The second-order valence-corrected chi connectivity index (χ2v) is 6.19. The van der Waals surface area contributed by atoms with E-state index < -0.39 is 0 Å². The zero-order chi connectivity index (χ0) is 16.2. The molecule has 0 saturated carbocycles. The van der Waals surface area contributed by atoms with Crippen molar-refractivity contribution >= 4 is 23.6 Å². The summed E-state index contributed by atoms with van der Waals surface area (Å²) in [7, 11) is 0. The van der Waals surface area contributed by atoms with Crippen LogP contribution in [0, 0.1) is 0 Å². The molecule has 0 bridgehead atoms. The summed E-state index contributed by atoms with van der Waals surface area (Å²) in [5.41, 5.74) is 0.995. The van der Waals surface area contributed by atoms with E-state index in [1.807, 2.05) is 41.8 Å². The van der Waals surface area contributed by atoms with Crippen molar-refractivity contribution in [2.75, 3.05) is 12.3 Å². The average molecular weight is 330 g/mol. The molecule has 6 nitrogen and oxygen atoms in total. The number of nitrogens with zero attached hydrogens (tertiary/aromatic N) is 4. The van der Waals surface area contributed by atoms with E-state index in [4.69, 9.17) is 0 Å². The number of hydrogen-bond donors (Lipinski definition) is 0. The minimum absolute atomic E-state index is 0.0717. The van der Waals surface area contributed by atoms with Gasteiger partial charge < -0.3 is 4.57 Å². The van der Waals surface area contributed by atoms with Crippen LogP contribution >= 0.6 is 11.8 Å². The van der Waals surface area contributed by atoms with E-state index in [1.165, 1.54) is 16.7 Å². The number of imide groups is 1. The number of carbonyl (C=O) groups is 2. The molecule has 1 aromatic heterocycles. The number of rotatable bonds is 5. The van der Waals surface area contributed by atoms with Gasteiger partial charge in [0.15, 0.2) is 11.0 Å². The Balaban J connectivity index is 1.72. The maximum Gasteiger partial charge on any atom is 0.239 e. The summed E-state index contributed by atoms with van der Waals surface area (Å²) in [6.45, 7) is 3.27. The minimum atomic E-state index is -0.149. The maximum absolute atomic E-state index is 12.1. The van der Waals surface area contributed by atoms with Crippen LogP contribution in [0.3, 0.4) is 0 Å². The Bertz CT molecular complexity index is 714. The van der Waals surface area contributed by atoms with Crippen LogP contribution in [0.2, 0.25) is 0 Å². The molecule has 1 aliphatic heterocycles. The largest absolute Gasteiger partial charge is 0.302 e. The van der Waals surface area contributed by atoms with Gasteiger partial charge in [-0.25, -0.2) is 0 Å². The Morgan fingerprint density at radius 1 is 1.26 bits per heavy atom. The predicted molar refractivity (Wildman–Crippen MR) is 87.8 cm³/mol. The van der Waals surface area contributed by atoms with E-state index in [2.05, 4.69) is 10.2 Å². The van der Waals surface area contributed by atoms with Gasteiger partial charge in [-0.2, -0.15) is 0 Å². The van der Waals surface area contributed by atoms with Crippen LogP contribution in [-0.4, -0.2) is 43.8 Å². The first-order chi connectivity index (χ1) is 11.2. The lowest BCUT2D eigenvalue weighted by Gasteiger charge is -2.13. The second-order valence-electron chi connectivity index (χ2n) is 5.25. The molecule has 1 aromatic carbocycles. The Morgan fingerprint density at radius 3 is 2.70 bits per heavy atom. The van der Waals surface area contributed by atoms with Gasteiger partial charge in [-0.3, -0.25) is 14.5 Å². The highest BCUT2D eigenvalue weighted by atomic mass is 32.2. The van der Waals surface area contributed by atoms with Crippen LogP contribution in [-0.2, 0) is 16.1 Å². The van der Waals surface area contributed by atoms with Crippen molar-refractivity contribution in [1.29, 1.82) is 0 Å². The zero-order valence-corrected chi connectivity index (χ0v) is 13.8. The number of carbonyl (C=O) groups excluding carboxylic acids is 2. The first kappa shape index (κ1) is 15.7. The predicted octanol–water partition coefficient (Wildman–Crippen LogP) is 2.21. The summed E-state index contributed by atoms with van der Waals surface area (Å²) < 4.78 is 1.99. The molecular formula is C16H18N4O2S. The number of benzene rings is 1. The van der Waals surface area contributed by atoms with Crippen molar-refractivity contribution in [3.63, 3.8) is 0 Å². The van der Waals surface area contributed by atoms with Gasteiger partial charge >= 0.3 is 0 Å². The summed E-state index contributed by atoms with van der Waals surface area (Å²) >= 11 is 1.33. The van der Waals surface area contributed by atoms with E-state index in [0.29, 0.717) is 18.1 Å². The fraction of sp³-hybridized carbons (Fsp3) is 0.375. The summed E-state index contributed by atoms with van der Waals surface area (Å²) in [5, 5.41) is 9.15. The minimum Gasteiger partial charge on any atom is -0.302 e. The number of likely N-dealkylation sites (tertiary alicyclic amines) is 1. The fourth-order valence-corrected chi connectivity index (χ4v) is 3.48. The molecule has 0 N–H and O–H groups in total. The Labute approximate surface area is 138 Å². The van der Waals surface area contributed by atoms with Crippen LogP contribution in [0.1, 0.15) is 19.8 Å². The monoisotopic (exact) mass is 330 g/mol. The highest BCUT2D eigenvalue weighted by molar-refractivity contribution is 7.99. The van der Waals surface area contributed by atoms with Gasteiger partial charge in [-0.15, -0.1) is 10.2 Å². The van der Waals surface area contributed by atoms with Gasteiger partial charge in [0.1, 0.15) is 0 Å². The molecule has 2 heterocycles. The van der Waals surface area contributed by atoms with Crippen molar-refractivity contribution in [1.82, 2.24) is 19.7 Å². The lowest BCUT2D eigenvalue weighted by Crippen LogP contribution is -2.33. The van der Waals surface area contributed by atoms with Gasteiger partial charge in [0.25, 0.3) is 0 Å². The smallest absolute Gasteiger partial charge is 0.239 e. The SMILES string of the molecule is CCn1c(SCC(=O)N2CCCC2=O)nnc1-c1ccccc1. The molecule has 3 rings (SSSR count). The van der Waals surface area contributed by atoms with Crippen LogP contribution in [0.5, 0.6) is 0 Å². The van der Waals surface area contributed by atoms with Gasteiger partial charge in [0.2, 0.25) is 11.8 Å². The molecular weight excluding hydrogens is 312 g/mol. The van der Waals surface area contributed by atoms with Crippen LogP contribution in [0.25, 0.3) is 11.4 Å². The molecule has 2 amide bonds. The fourth-order valence-electron chi connectivity index (χ4n) is 2.60. The van der Waals surface area contributed by atoms with E-state index in [9.17, 15) is 9.59 Å². The number of thioether (sulfide) groups is 1. The van der Waals surface area contributed by atoms with Crippen LogP contribution in [0.4, 0.5) is 0 Å². The lowest BCUT2D eigenvalue weighted by atomic mass is 10.2. The van der Waals surface area contributed by atoms with E-state index in [-0.39, 0.29) is 17.6 Å². The van der Waals surface area contributed by atoms with Gasteiger partial charge in [0, 0.05) is 25.1 Å². The third kappa shape index (κ3) is 3.29.